The molecular weight excluding hydrogens is 313 g/mol. The van der Waals surface area contributed by atoms with Crippen LogP contribution in [0.3, 0.4) is 0 Å². The lowest BCUT2D eigenvalue weighted by molar-refractivity contribution is -0.119. The fourth-order valence-corrected chi connectivity index (χ4v) is 2.13. The number of anilines is 2. The molecule has 1 fully saturated rings. The lowest BCUT2D eigenvalue weighted by Crippen LogP contribution is -2.40. The van der Waals surface area contributed by atoms with E-state index in [-0.39, 0.29) is 36.8 Å². The summed E-state index contributed by atoms with van der Waals surface area (Å²) in [6.07, 6.45) is 0.356. The normalized spacial score (nSPS) is 17.1. The zero-order chi connectivity index (χ0) is 13.7. The largest absolute Gasteiger partial charge is 0.376 e. The number of amides is 1. The van der Waals surface area contributed by atoms with Crippen molar-refractivity contribution in [3.05, 3.63) is 24.3 Å². The minimum Gasteiger partial charge on any atom is -0.376 e. The van der Waals surface area contributed by atoms with Crippen LogP contribution in [0.25, 0.3) is 0 Å². The van der Waals surface area contributed by atoms with E-state index in [1.54, 1.807) is 0 Å². The van der Waals surface area contributed by atoms with Crippen LogP contribution in [0.15, 0.2) is 24.3 Å². The quantitative estimate of drug-likeness (QED) is 0.882. The van der Waals surface area contributed by atoms with Gasteiger partial charge in [0, 0.05) is 27.2 Å². The van der Waals surface area contributed by atoms with Crippen molar-refractivity contribution in [1.82, 2.24) is 5.32 Å². The van der Waals surface area contributed by atoms with Gasteiger partial charge in [0.05, 0.1) is 30.5 Å². The molecule has 120 valence electrons. The van der Waals surface area contributed by atoms with Crippen LogP contribution in [0.4, 0.5) is 11.4 Å². The fourth-order valence-electron chi connectivity index (χ4n) is 2.13. The number of nitrogens with zero attached hydrogens (tertiary/aromatic N) is 1. The van der Waals surface area contributed by atoms with Crippen molar-refractivity contribution in [1.29, 1.82) is 0 Å². The Kier molecular flexibility index (Phi) is 9.37. The van der Waals surface area contributed by atoms with Crippen LogP contribution in [0.1, 0.15) is 6.42 Å². The van der Waals surface area contributed by atoms with E-state index in [9.17, 15) is 4.79 Å². The Hall–Kier alpha value is -1.01. The number of carbonyl (C=O) groups excluding carboxylic acids is 1. The van der Waals surface area contributed by atoms with Gasteiger partial charge in [-0.25, -0.2) is 0 Å². The molecule has 1 aromatic carbocycles. The minimum absolute atomic E-state index is 0. The van der Waals surface area contributed by atoms with Gasteiger partial charge in [0.2, 0.25) is 5.91 Å². The molecule has 1 amide bonds. The Morgan fingerprint density at radius 2 is 2.10 bits per heavy atom. The molecule has 5 nitrogen and oxygen atoms in total. The van der Waals surface area contributed by atoms with Gasteiger partial charge in [-0.1, -0.05) is 12.1 Å². The summed E-state index contributed by atoms with van der Waals surface area (Å²) in [5.41, 5.74) is 1.83. The van der Waals surface area contributed by atoms with Gasteiger partial charge in [-0.15, -0.1) is 24.8 Å². The first-order valence-corrected chi connectivity index (χ1v) is 6.55. The standard InChI is InChI=1S/C14H21N3O2.2ClH/c1-17(2)13-6-4-3-5-12(13)16-14(18)9-11-10-15-7-8-19-11;;/h3-6,11,15H,7-10H2,1-2H3,(H,16,18);2*1H. The van der Waals surface area contributed by atoms with E-state index in [1.165, 1.54) is 0 Å². The summed E-state index contributed by atoms with van der Waals surface area (Å²) < 4.78 is 5.53. The van der Waals surface area contributed by atoms with E-state index >= 15 is 0 Å². The highest BCUT2D eigenvalue weighted by Gasteiger charge is 2.18. The summed E-state index contributed by atoms with van der Waals surface area (Å²) in [4.78, 5) is 14.0. The number of halogens is 2. The van der Waals surface area contributed by atoms with Crippen LogP contribution in [-0.4, -0.2) is 45.8 Å². The Morgan fingerprint density at radius 3 is 2.71 bits per heavy atom. The summed E-state index contributed by atoms with van der Waals surface area (Å²) in [5.74, 6) is -0.0111. The van der Waals surface area contributed by atoms with Crippen molar-refractivity contribution in [3.63, 3.8) is 0 Å². The number of morpholine rings is 1. The second-order valence-electron chi connectivity index (χ2n) is 4.86. The summed E-state index contributed by atoms with van der Waals surface area (Å²) >= 11 is 0. The van der Waals surface area contributed by atoms with Gasteiger partial charge < -0.3 is 20.3 Å². The third kappa shape index (κ3) is 6.09. The van der Waals surface area contributed by atoms with Crippen molar-refractivity contribution in [2.24, 2.45) is 0 Å². The van der Waals surface area contributed by atoms with E-state index < -0.39 is 0 Å². The summed E-state index contributed by atoms with van der Waals surface area (Å²) in [6.45, 7) is 2.27. The number of hydrogen-bond donors (Lipinski definition) is 2. The number of benzene rings is 1. The Balaban J connectivity index is 0.00000200. The maximum absolute atomic E-state index is 12.0. The molecule has 0 spiro atoms. The third-order valence-electron chi connectivity index (χ3n) is 3.08. The lowest BCUT2D eigenvalue weighted by atomic mass is 10.2. The second kappa shape index (κ2) is 9.84. The van der Waals surface area contributed by atoms with Crippen molar-refractivity contribution in [2.75, 3.05) is 44.0 Å². The van der Waals surface area contributed by atoms with Crippen molar-refractivity contribution in [3.8, 4) is 0 Å². The molecule has 1 heterocycles. The first kappa shape index (κ1) is 20.0. The Labute approximate surface area is 138 Å². The molecule has 1 aromatic rings. The van der Waals surface area contributed by atoms with E-state index in [1.807, 2.05) is 43.3 Å². The molecule has 1 unspecified atom stereocenters. The summed E-state index contributed by atoms with van der Waals surface area (Å²) in [6, 6.07) is 7.77. The van der Waals surface area contributed by atoms with Crippen molar-refractivity contribution < 1.29 is 9.53 Å². The molecule has 0 bridgehead atoms. The zero-order valence-corrected chi connectivity index (χ0v) is 13.9. The van der Waals surface area contributed by atoms with E-state index in [2.05, 4.69) is 10.6 Å². The molecule has 0 aliphatic carbocycles. The van der Waals surface area contributed by atoms with Crippen LogP contribution in [0.2, 0.25) is 0 Å². The SMILES string of the molecule is CN(C)c1ccccc1NC(=O)CC1CNCCO1.Cl.Cl. The van der Waals surface area contributed by atoms with E-state index in [4.69, 9.17) is 4.74 Å². The molecule has 2 rings (SSSR count). The highest BCUT2D eigenvalue weighted by Crippen LogP contribution is 2.23. The summed E-state index contributed by atoms with van der Waals surface area (Å²) in [5, 5.41) is 6.17. The molecule has 0 aromatic heterocycles. The average Bonchev–Trinajstić information content (AvgIpc) is 2.40. The fraction of sp³-hybridized carbons (Fsp3) is 0.500. The maximum atomic E-state index is 12.0. The maximum Gasteiger partial charge on any atom is 0.227 e. The van der Waals surface area contributed by atoms with Crippen molar-refractivity contribution in [2.45, 2.75) is 12.5 Å². The molecule has 2 N–H and O–H groups in total. The predicted octanol–water partition coefficient (Wildman–Crippen LogP) is 1.91. The Bertz CT molecular complexity index is 438. The van der Waals surface area contributed by atoms with Crippen LogP contribution in [0, 0.1) is 0 Å². The number of hydrogen-bond acceptors (Lipinski definition) is 4. The first-order chi connectivity index (χ1) is 9.16. The number of rotatable bonds is 4. The molecule has 1 atom stereocenters. The molecule has 1 aliphatic rings. The topological polar surface area (TPSA) is 53.6 Å². The number of para-hydroxylation sites is 2. The van der Waals surface area contributed by atoms with Crippen LogP contribution < -0.4 is 15.5 Å². The molecule has 0 radical (unpaired) electrons. The molecule has 7 heteroatoms. The van der Waals surface area contributed by atoms with Gasteiger partial charge in [-0.2, -0.15) is 0 Å². The predicted molar refractivity (Wildman–Crippen MR) is 91.1 cm³/mol. The van der Waals surface area contributed by atoms with E-state index in [0.717, 1.165) is 24.5 Å². The average molecular weight is 336 g/mol. The monoisotopic (exact) mass is 335 g/mol. The van der Waals surface area contributed by atoms with Gasteiger partial charge in [-0.05, 0) is 12.1 Å². The van der Waals surface area contributed by atoms with E-state index in [0.29, 0.717) is 13.0 Å². The smallest absolute Gasteiger partial charge is 0.227 e. The van der Waals surface area contributed by atoms with Crippen molar-refractivity contribution >= 4 is 42.1 Å². The van der Waals surface area contributed by atoms with Gasteiger partial charge >= 0.3 is 0 Å². The second-order valence-corrected chi connectivity index (χ2v) is 4.86. The number of nitrogens with one attached hydrogen (secondary N) is 2. The zero-order valence-electron chi connectivity index (χ0n) is 12.3. The Morgan fingerprint density at radius 1 is 1.38 bits per heavy atom. The molecule has 0 saturated carbocycles. The minimum atomic E-state index is -0.0275. The van der Waals surface area contributed by atoms with Crippen LogP contribution in [-0.2, 0) is 9.53 Å². The van der Waals surface area contributed by atoms with Gasteiger partial charge in [0.15, 0.2) is 0 Å². The third-order valence-corrected chi connectivity index (χ3v) is 3.08. The van der Waals surface area contributed by atoms with Gasteiger partial charge in [0.1, 0.15) is 0 Å². The molecule has 21 heavy (non-hydrogen) atoms. The molecular formula is C14H23Cl2N3O2. The molecule has 1 aliphatic heterocycles. The van der Waals surface area contributed by atoms with Crippen LogP contribution in [0.5, 0.6) is 0 Å². The highest BCUT2D eigenvalue weighted by molar-refractivity contribution is 5.94. The molecule has 1 saturated heterocycles. The van der Waals surface area contributed by atoms with Crippen LogP contribution >= 0.6 is 24.8 Å². The lowest BCUT2D eigenvalue weighted by Gasteiger charge is -2.23. The highest BCUT2D eigenvalue weighted by atomic mass is 35.5. The number of carbonyl (C=O) groups is 1. The summed E-state index contributed by atoms with van der Waals surface area (Å²) in [7, 11) is 3.91. The van der Waals surface area contributed by atoms with Gasteiger partial charge in [0.25, 0.3) is 0 Å². The first-order valence-electron chi connectivity index (χ1n) is 6.55. The number of ether oxygens (including phenoxy) is 1. The van der Waals surface area contributed by atoms with Gasteiger partial charge in [-0.3, -0.25) is 4.79 Å².